The summed E-state index contributed by atoms with van der Waals surface area (Å²) in [6.07, 6.45) is 10.3. The highest BCUT2D eigenvalue weighted by Crippen LogP contribution is 2.49. The molecule has 0 saturated carbocycles. The van der Waals surface area contributed by atoms with Crippen LogP contribution in [-0.2, 0) is 0 Å². The lowest BCUT2D eigenvalue weighted by Gasteiger charge is -2.16. The first kappa shape index (κ1) is 26.5. The van der Waals surface area contributed by atoms with Crippen LogP contribution in [0, 0.1) is 0 Å². The van der Waals surface area contributed by atoms with Gasteiger partial charge < -0.3 is 0 Å². The maximum absolute atomic E-state index is 5.31. The van der Waals surface area contributed by atoms with Crippen molar-refractivity contribution in [1.29, 1.82) is 0 Å². The smallest absolute Gasteiger partial charge is 0.161 e. The van der Waals surface area contributed by atoms with Crippen molar-refractivity contribution >= 4 is 21.9 Å². The number of pyridine rings is 1. The first-order chi connectivity index (χ1) is 22.8. The number of fused-ring (bicyclic) bond motifs is 3. The molecule has 7 aromatic rings. The molecule has 0 aliphatic heterocycles. The lowest BCUT2D eigenvalue weighted by molar-refractivity contribution is 1.05. The van der Waals surface area contributed by atoms with E-state index in [-0.39, 0.29) is 0 Å². The molecular formula is C43H29N3. The van der Waals surface area contributed by atoms with E-state index in [2.05, 4.69) is 138 Å². The molecule has 0 bridgehead atoms. The first-order valence-corrected chi connectivity index (χ1v) is 15.8. The molecule has 0 saturated heterocycles. The normalized spacial score (nSPS) is 13.3. The number of rotatable bonds is 5. The summed E-state index contributed by atoms with van der Waals surface area (Å²) in [5, 5.41) is 2.45. The van der Waals surface area contributed by atoms with E-state index in [0.29, 0.717) is 0 Å². The monoisotopic (exact) mass is 587 g/mol. The average molecular weight is 588 g/mol. The molecule has 2 aliphatic rings. The van der Waals surface area contributed by atoms with Gasteiger partial charge in [0.05, 0.1) is 11.4 Å². The fourth-order valence-corrected chi connectivity index (χ4v) is 7.02. The molecule has 2 heterocycles. The molecule has 9 rings (SSSR count). The second-order valence-electron chi connectivity index (χ2n) is 12.0. The number of nitrogens with zero attached hydrogens (tertiary/aromatic N) is 3. The zero-order valence-corrected chi connectivity index (χ0v) is 25.2. The van der Waals surface area contributed by atoms with Crippen LogP contribution in [0.15, 0.2) is 152 Å². The summed E-state index contributed by atoms with van der Waals surface area (Å²) in [7, 11) is 0. The molecule has 0 unspecified atom stereocenters. The van der Waals surface area contributed by atoms with Crippen molar-refractivity contribution in [2.45, 2.75) is 12.8 Å². The fraction of sp³-hybridized carbons (Fsp3) is 0.0465. The number of hydrogen-bond acceptors (Lipinski definition) is 3. The predicted molar refractivity (Wildman–Crippen MR) is 190 cm³/mol. The molecule has 216 valence electrons. The molecule has 0 spiro atoms. The van der Waals surface area contributed by atoms with Crippen LogP contribution in [0.25, 0.3) is 77.9 Å². The molecule has 3 heteroatoms. The van der Waals surface area contributed by atoms with E-state index in [4.69, 9.17) is 9.97 Å². The average Bonchev–Trinajstić information content (AvgIpc) is 3.47. The summed E-state index contributed by atoms with van der Waals surface area (Å²) in [4.78, 5) is 14.9. The third kappa shape index (κ3) is 4.48. The van der Waals surface area contributed by atoms with Gasteiger partial charge in [-0.05, 0) is 98.5 Å². The van der Waals surface area contributed by atoms with E-state index >= 15 is 0 Å². The van der Waals surface area contributed by atoms with Gasteiger partial charge in [0.1, 0.15) is 0 Å². The van der Waals surface area contributed by atoms with Gasteiger partial charge >= 0.3 is 0 Å². The van der Waals surface area contributed by atoms with Crippen LogP contribution in [0.3, 0.4) is 0 Å². The highest BCUT2D eigenvalue weighted by atomic mass is 14.9. The molecule has 0 atom stereocenters. The second kappa shape index (κ2) is 10.9. The third-order valence-corrected chi connectivity index (χ3v) is 9.22. The number of benzene rings is 5. The van der Waals surface area contributed by atoms with Crippen LogP contribution in [0.4, 0.5) is 0 Å². The van der Waals surface area contributed by atoms with E-state index in [1.54, 1.807) is 0 Å². The molecule has 2 aromatic heterocycles. The van der Waals surface area contributed by atoms with Gasteiger partial charge in [-0.2, -0.15) is 0 Å². The topological polar surface area (TPSA) is 38.7 Å². The zero-order chi connectivity index (χ0) is 30.5. The minimum absolute atomic E-state index is 0.736. The van der Waals surface area contributed by atoms with Gasteiger partial charge in [-0.15, -0.1) is 0 Å². The van der Waals surface area contributed by atoms with E-state index < -0.39 is 0 Å². The Morgan fingerprint density at radius 3 is 2.04 bits per heavy atom. The zero-order valence-electron chi connectivity index (χ0n) is 25.2. The highest BCUT2D eigenvalue weighted by Gasteiger charge is 2.23. The van der Waals surface area contributed by atoms with Gasteiger partial charge in [0, 0.05) is 29.1 Å². The Bertz CT molecular complexity index is 2320. The molecule has 3 nitrogen and oxygen atoms in total. The Hall–Kier alpha value is -5.93. The van der Waals surface area contributed by atoms with Gasteiger partial charge in [0.25, 0.3) is 0 Å². The maximum atomic E-state index is 5.31. The minimum Gasteiger partial charge on any atom is -0.264 e. The third-order valence-electron chi connectivity index (χ3n) is 9.22. The van der Waals surface area contributed by atoms with E-state index in [9.17, 15) is 0 Å². The van der Waals surface area contributed by atoms with Crippen molar-refractivity contribution < 1.29 is 0 Å². The standard InChI is InChI=1S/C43H29N3/c1-2-10-28(11-3-1)29-12-6-14-31(24-29)40-26-41(32-15-7-13-30(25-32)33-16-9-23-44-27-33)46-43(45-40)39-22-21-38-35-18-5-4-17-34(35)36-19-8-20-37(39)42(36)38/h1-5,7-11,13-27H,6,12H2. The molecule has 0 amide bonds. The van der Waals surface area contributed by atoms with Gasteiger partial charge in [0.2, 0.25) is 0 Å². The summed E-state index contributed by atoms with van der Waals surface area (Å²) in [6.45, 7) is 0. The lowest BCUT2D eigenvalue weighted by atomic mass is 9.92. The van der Waals surface area contributed by atoms with Crippen molar-refractivity contribution in [3.8, 4) is 56.0 Å². The predicted octanol–water partition coefficient (Wildman–Crippen LogP) is 10.9. The van der Waals surface area contributed by atoms with Crippen LogP contribution in [0.5, 0.6) is 0 Å². The van der Waals surface area contributed by atoms with Crippen LogP contribution in [-0.4, -0.2) is 15.0 Å². The largest absolute Gasteiger partial charge is 0.264 e. The Kier molecular flexibility index (Phi) is 6.27. The van der Waals surface area contributed by atoms with E-state index in [1.165, 1.54) is 44.2 Å². The number of hydrogen-bond donors (Lipinski definition) is 0. The summed E-state index contributed by atoms with van der Waals surface area (Å²) < 4.78 is 0. The van der Waals surface area contributed by atoms with Gasteiger partial charge in [-0.1, -0.05) is 109 Å². The van der Waals surface area contributed by atoms with Gasteiger partial charge in [-0.3, -0.25) is 4.98 Å². The van der Waals surface area contributed by atoms with Crippen LogP contribution >= 0.6 is 0 Å². The summed E-state index contributed by atoms with van der Waals surface area (Å²) in [6, 6.07) is 45.2. The summed E-state index contributed by atoms with van der Waals surface area (Å²) in [5.74, 6) is 0.736. The Labute approximate surface area is 268 Å². The Morgan fingerprint density at radius 2 is 1.20 bits per heavy atom. The Balaban J connectivity index is 1.24. The van der Waals surface area contributed by atoms with Crippen LogP contribution < -0.4 is 0 Å². The van der Waals surface area contributed by atoms with Crippen molar-refractivity contribution in [3.63, 3.8) is 0 Å². The van der Waals surface area contributed by atoms with Crippen molar-refractivity contribution in [2.24, 2.45) is 0 Å². The van der Waals surface area contributed by atoms with Crippen molar-refractivity contribution in [2.75, 3.05) is 0 Å². The van der Waals surface area contributed by atoms with Gasteiger partial charge in [0.15, 0.2) is 5.82 Å². The highest BCUT2D eigenvalue weighted by molar-refractivity contribution is 6.18. The van der Waals surface area contributed by atoms with Crippen LogP contribution in [0.2, 0.25) is 0 Å². The van der Waals surface area contributed by atoms with Crippen LogP contribution in [0.1, 0.15) is 24.1 Å². The Morgan fingerprint density at radius 1 is 0.500 bits per heavy atom. The van der Waals surface area contributed by atoms with E-state index in [1.807, 2.05) is 18.5 Å². The molecule has 0 fully saturated rings. The fourth-order valence-electron chi connectivity index (χ4n) is 7.02. The molecule has 2 aliphatic carbocycles. The SMILES string of the molecule is C1=C(c2ccccc2)CCC=C1c1cc(-c2cccc(-c3cccnc3)c2)nc(-c2ccc3c4c(cccc24)-c2ccccc2-3)n1. The first-order valence-electron chi connectivity index (χ1n) is 15.8. The minimum atomic E-state index is 0.736. The molecule has 0 N–H and O–H groups in total. The second-order valence-corrected chi connectivity index (χ2v) is 12.0. The molecule has 0 radical (unpaired) electrons. The quantitative estimate of drug-likeness (QED) is 0.201. The summed E-state index contributed by atoms with van der Waals surface area (Å²) >= 11 is 0. The number of aromatic nitrogens is 3. The van der Waals surface area contributed by atoms with Gasteiger partial charge in [-0.25, -0.2) is 9.97 Å². The molecule has 5 aromatic carbocycles. The van der Waals surface area contributed by atoms with E-state index in [0.717, 1.165) is 57.9 Å². The number of allylic oxidation sites excluding steroid dienone is 4. The molecular weight excluding hydrogens is 558 g/mol. The molecule has 46 heavy (non-hydrogen) atoms. The van der Waals surface area contributed by atoms with Crippen molar-refractivity contribution in [3.05, 3.63) is 163 Å². The summed E-state index contributed by atoms with van der Waals surface area (Å²) in [5.41, 5.74) is 15.0. The maximum Gasteiger partial charge on any atom is 0.161 e. The lowest BCUT2D eigenvalue weighted by Crippen LogP contribution is -2.00. The van der Waals surface area contributed by atoms with Crippen molar-refractivity contribution in [1.82, 2.24) is 15.0 Å².